The Kier molecular flexibility index (Phi) is 2.19. The van der Waals surface area contributed by atoms with Gasteiger partial charge < -0.3 is 0 Å². The van der Waals surface area contributed by atoms with Gasteiger partial charge in [0.15, 0.2) is 5.71 Å². The van der Waals surface area contributed by atoms with Crippen LogP contribution < -0.4 is 0 Å². The van der Waals surface area contributed by atoms with Crippen LogP contribution in [0.4, 0.5) is 0 Å². The van der Waals surface area contributed by atoms with E-state index < -0.39 is 0 Å². The maximum Gasteiger partial charge on any atom is 0.245 e. The predicted molar refractivity (Wildman–Crippen MR) is 57.0 cm³/mol. The topological polar surface area (TPSA) is 29.4 Å². The zero-order chi connectivity index (χ0) is 9.97. The molecule has 2 heteroatoms. The number of hydrogen-bond acceptors (Lipinski definition) is 1. The largest absolute Gasteiger partial charge is 0.273 e. The van der Waals surface area contributed by atoms with Crippen LogP contribution in [0.1, 0.15) is 18.1 Å². The summed E-state index contributed by atoms with van der Waals surface area (Å²) in [6, 6.07) is 7.90. The van der Waals surface area contributed by atoms with Crippen LogP contribution in [0.25, 0.3) is 6.08 Å². The second-order valence-electron chi connectivity index (χ2n) is 3.13. The van der Waals surface area contributed by atoms with Crippen molar-refractivity contribution in [2.75, 3.05) is 0 Å². The van der Waals surface area contributed by atoms with Gasteiger partial charge in [0, 0.05) is 19.1 Å². The van der Waals surface area contributed by atoms with Crippen LogP contribution in [0.15, 0.2) is 35.3 Å². The number of hydrogen-bond donors (Lipinski definition) is 0. The van der Waals surface area contributed by atoms with Gasteiger partial charge in [0.2, 0.25) is 5.91 Å². The Balaban J connectivity index is 2.51. The first-order valence-corrected chi connectivity index (χ1v) is 4.47. The summed E-state index contributed by atoms with van der Waals surface area (Å²) in [5, 5.41) is 0. The fourth-order valence-electron chi connectivity index (χ4n) is 1.48. The lowest BCUT2D eigenvalue weighted by molar-refractivity contribution is -0.115. The third kappa shape index (κ3) is 1.59. The minimum Gasteiger partial charge on any atom is -0.273 e. The molecule has 2 nitrogen and oxygen atoms in total. The molecule has 0 fully saturated rings. The van der Waals surface area contributed by atoms with Gasteiger partial charge in [0.25, 0.3) is 0 Å². The van der Waals surface area contributed by atoms with E-state index in [1.54, 1.807) is 0 Å². The molecule has 0 saturated carbocycles. The Bertz CT molecular complexity index is 430. The first kappa shape index (κ1) is 8.75. The zero-order valence-corrected chi connectivity index (χ0v) is 7.90. The number of allylic oxidation sites excluding steroid dienone is 1. The summed E-state index contributed by atoms with van der Waals surface area (Å²) < 4.78 is 0. The highest BCUT2D eigenvalue weighted by Gasteiger charge is 2.19. The van der Waals surface area contributed by atoms with E-state index in [9.17, 15) is 4.79 Å². The third-order valence-corrected chi connectivity index (χ3v) is 2.04. The number of carbonyl (C=O) groups is 1. The fraction of sp³-hybridized carbons (Fsp3) is 0.0833. The molecule has 68 valence electrons. The van der Waals surface area contributed by atoms with Crippen molar-refractivity contribution in [1.82, 2.24) is 0 Å². The third-order valence-electron chi connectivity index (χ3n) is 2.04. The van der Waals surface area contributed by atoms with E-state index in [-0.39, 0.29) is 5.91 Å². The molecule has 0 bridgehead atoms. The molecule has 0 spiro atoms. The van der Waals surface area contributed by atoms with E-state index >= 15 is 0 Å². The van der Waals surface area contributed by atoms with Gasteiger partial charge in [0.05, 0.1) is 18.1 Å². The van der Waals surface area contributed by atoms with Crippen molar-refractivity contribution < 1.29 is 4.79 Å². The molecular formula is C12H10NO+. The van der Waals surface area contributed by atoms with Gasteiger partial charge in [0.1, 0.15) is 5.56 Å². The SMILES string of the molecule is CC(=O)N=C1[CH+]C=Cc2ccccc21. The van der Waals surface area contributed by atoms with Gasteiger partial charge in [-0.3, -0.25) is 4.79 Å². The average Bonchev–Trinajstić information content (AvgIpc) is 2.18. The second kappa shape index (κ2) is 3.50. The van der Waals surface area contributed by atoms with Crippen molar-refractivity contribution in [3.63, 3.8) is 0 Å². The molecule has 0 aromatic heterocycles. The van der Waals surface area contributed by atoms with Crippen molar-refractivity contribution >= 4 is 17.7 Å². The second-order valence-corrected chi connectivity index (χ2v) is 3.13. The highest BCUT2D eigenvalue weighted by Crippen LogP contribution is 2.18. The Morgan fingerprint density at radius 2 is 2.14 bits per heavy atom. The Labute approximate surface area is 83.0 Å². The first-order chi connectivity index (χ1) is 6.77. The van der Waals surface area contributed by atoms with Crippen molar-refractivity contribution in [1.29, 1.82) is 0 Å². The molecule has 1 aromatic rings. The molecule has 14 heavy (non-hydrogen) atoms. The Hall–Kier alpha value is -1.83. The molecule has 1 aromatic carbocycles. The quantitative estimate of drug-likeness (QED) is 0.568. The Morgan fingerprint density at radius 3 is 2.93 bits per heavy atom. The number of benzene rings is 1. The lowest BCUT2D eigenvalue weighted by Crippen LogP contribution is -2.08. The van der Waals surface area contributed by atoms with Gasteiger partial charge in [-0.25, -0.2) is 0 Å². The number of aliphatic imine (C=N–C) groups is 1. The molecule has 2 rings (SSSR count). The summed E-state index contributed by atoms with van der Waals surface area (Å²) in [4.78, 5) is 14.8. The van der Waals surface area contributed by atoms with Crippen LogP contribution in [0.3, 0.4) is 0 Å². The van der Waals surface area contributed by atoms with Gasteiger partial charge in [-0.15, -0.1) is 0 Å². The highest BCUT2D eigenvalue weighted by atomic mass is 16.1. The fourth-order valence-corrected chi connectivity index (χ4v) is 1.48. The molecule has 1 aliphatic carbocycles. The summed E-state index contributed by atoms with van der Waals surface area (Å²) in [6.45, 7) is 1.46. The predicted octanol–water partition coefficient (Wildman–Crippen LogP) is 2.25. The maximum atomic E-state index is 10.9. The minimum atomic E-state index is -0.165. The molecule has 0 N–H and O–H groups in total. The number of amides is 1. The lowest BCUT2D eigenvalue weighted by atomic mass is 9.95. The van der Waals surface area contributed by atoms with Gasteiger partial charge >= 0.3 is 0 Å². The minimum absolute atomic E-state index is 0.165. The molecule has 0 atom stereocenters. The first-order valence-electron chi connectivity index (χ1n) is 4.47. The summed E-state index contributed by atoms with van der Waals surface area (Å²) in [5.41, 5.74) is 2.87. The molecule has 0 saturated heterocycles. The Morgan fingerprint density at radius 1 is 1.36 bits per heavy atom. The monoisotopic (exact) mass is 184 g/mol. The van der Waals surface area contributed by atoms with Crippen LogP contribution in [0.2, 0.25) is 0 Å². The smallest absolute Gasteiger partial charge is 0.245 e. The van der Waals surface area contributed by atoms with E-state index in [4.69, 9.17) is 0 Å². The number of nitrogens with zero attached hydrogens (tertiary/aromatic N) is 1. The molecule has 1 aliphatic rings. The molecular weight excluding hydrogens is 174 g/mol. The van der Waals surface area contributed by atoms with Crippen LogP contribution in [0, 0.1) is 6.42 Å². The standard InChI is InChI=1S/C12H10NO/c1-9(14)13-12-8-4-6-10-5-2-3-7-11(10)12/h2-8H,1H3/q+1. The molecule has 1 amide bonds. The molecule has 0 aliphatic heterocycles. The molecule has 0 heterocycles. The van der Waals surface area contributed by atoms with Crippen molar-refractivity contribution in [3.05, 3.63) is 47.9 Å². The highest BCUT2D eigenvalue weighted by molar-refractivity contribution is 6.15. The van der Waals surface area contributed by atoms with E-state index in [2.05, 4.69) is 4.99 Å². The summed E-state index contributed by atoms with van der Waals surface area (Å²) >= 11 is 0. The van der Waals surface area contributed by atoms with Gasteiger partial charge in [-0.05, 0) is 12.1 Å². The van der Waals surface area contributed by atoms with E-state index in [0.29, 0.717) is 0 Å². The van der Waals surface area contributed by atoms with E-state index in [1.807, 2.05) is 42.8 Å². The van der Waals surface area contributed by atoms with Gasteiger partial charge in [-0.1, -0.05) is 6.07 Å². The summed E-state index contributed by atoms with van der Waals surface area (Å²) in [5.74, 6) is -0.165. The van der Waals surface area contributed by atoms with Crippen LogP contribution >= 0.6 is 0 Å². The van der Waals surface area contributed by atoms with Crippen LogP contribution in [0.5, 0.6) is 0 Å². The number of rotatable bonds is 0. The van der Waals surface area contributed by atoms with Crippen molar-refractivity contribution in [3.8, 4) is 0 Å². The number of fused-ring (bicyclic) bond motifs is 1. The van der Waals surface area contributed by atoms with Crippen LogP contribution in [-0.2, 0) is 4.79 Å². The number of carbonyl (C=O) groups excluding carboxylic acids is 1. The van der Waals surface area contributed by atoms with Crippen molar-refractivity contribution in [2.45, 2.75) is 6.92 Å². The van der Waals surface area contributed by atoms with E-state index in [1.165, 1.54) is 6.92 Å². The normalized spacial score (nSPS) is 16.2. The lowest BCUT2D eigenvalue weighted by Gasteiger charge is -2.02. The maximum absolute atomic E-state index is 10.9. The zero-order valence-electron chi connectivity index (χ0n) is 7.90. The molecule has 0 unspecified atom stereocenters. The van der Waals surface area contributed by atoms with Crippen LogP contribution in [-0.4, -0.2) is 11.6 Å². The summed E-state index contributed by atoms with van der Waals surface area (Å²) in [6.07, 6.45) is 5.77. The summed E-state index contributed by atoms with van der Waals surface area (Å²) in [7, 11) is 0. The average molecular weight is 184 g/mol. The molecule has 0 radical (unpaired) electrons. The van der Waals surface area contributed by atoms with E-state index in [0.717, 1.165) is 16.8 Å². The van der Waals surface area contributed by atoms with Gasteiger partial charge in [-0.2, -0.15) is 4.99 Å². The van der Waals surface area contributed by atoms with Crippen molar-refractivity contribution in [2.24, 2.45) is 4.99 Å².